The van der Waals surface area contributed by atoms with E-state index in [0.29, 0.717) is 5.56 Å². The van der Waals surface area contributed by atoms with E-state index < -0.39 is 0 Å². The van der Waals surface area contributed by atoms with Crippen molar-refractivity contribution < 1.29 is 4.79 Å². The van der Waals surface area contributed by atoms with E-state index in [1.165, 1.54) is 0 Å². The molecule has 1 aromatic heterocycles. The summed E-state index contributed by atoms with van der Waals surface area (Å²) in [5.74, 6) is 0.0921. The van der Waals surface area contributed by atoms with Gasteiger partial charge in [0.1, 0.15) is 0 Å². The van der Waals surface area contributed by atoms with Gasteiger partial charge in [-0.3, -0.25) is 9.78 Å². The van der Waals surface area contributed by atoms with E-state index in [1.54, 1.807) is 18.5 Å². The second kappa shape index (κ2) is 8.56. The zero-order chi connectivity index (χ0) is 15.0. The van der Waals surface area contributed by atoms with E-state index in [-0.39, 0.29) is 11.9 Å². The van der Waals surface area contributed by atoms with Crippen LogP contribution in [0.2, 0.25) is 0 Å². The van der Waals surface area contributed by atoms with Gasteiger partial charge in [-0.2, -0.15) is 0 Å². The molecule has 1 rings (SSSR count). The Kier molecular flexibility index (Phi) is 7.05. The summed E-state index contributed by atoms with van der Waals surface area (Å²) < 4.78 is 0. The van der Waals surface area contributed by atoms with Crippen LogP contribution in [0.5, 0.6) is 0 Å². The number of hydrogen-bond acceptors (Lipinski definition) is 3. The molecule has 0 bridgehead atoms. The predicted molar refractivity (Wildman–Crippen MR) is 84.1 cm³/mol. The SMILES string of the molecule is CCCCCN(C(=O)c1ccncc1NCC)C(C)C. The van der Waals surface area contributed by atoms with Crippen molar-refractivity contribution in [2.75, 3.05) is 18.4 Å². The van der Waals surface area contributed by atoms with Crippen molar-refractivity contribution in [2.24, 2.45) is 0 Å². The average Bonchev–Trinajstić information content (AvgIpc) is 2.43. The quantitative estimate of drug-likeness (QED) is 0.739. The second-order valence-electron chi connectivity index (χ2n) is 5.25. The lowest BCUT2D eigenvalue weighted by Gasteiger charge is -2.27. The van der Waals surface area contributed by atoms with Crippen LogP contribution in [-0.2, 0) is 0 Å². The van der Waals surface area contributed by atoms with Crippen molar-refractivity contribution in [3.63, 3.8) is 0 Å². The number of pyridine rings is 1. The highest BCUT2D eigenvalue weighted by Crippen LogP contribution is 2.18. The number of unbranched alkanes of at least 4 members (excludes halogenated alkanes) is 2. The number of hydrogen-bond donors (Lipinski definition) is 1. The van der Waals surface area contributed by atoms with Crippen LogP contribution in [-0.4, -0.2) is 34.9 Å². The molecule has 112 valence electrons. The van der Waals surface area contributed by atoms with Gasteiger partial charge in [0.2, 0.25) is 0 Å². The Bertz CT molecular complexity index is 418. The molecule has 0 atom stereocenters. The molecule has 1 N–H and O–H groups in total. The first-order chi connectivity index (χ1) is 9.61. The summed E-state index contributed by atoms with van der Waals surface area (Å²) in [7, 11) is 0. The van der Waals surface area contributed by atoms with Gasteiger partial charge in [0.25, 0.3) is 5.91 Å². The van der Waals surface area contributed by atoms with Gasteiger partial charge in [-0.15, -0.1) is 0 Å². The van der Waals surface area contributed by atoms with Crippen molar-refractivity contribution in [1.82, 2.24) is 9.88 Å². The molecule has 0 aliphatic rings. The van der Waals surface area contributed by atoms with Gasteiger partial charge in [0.05, 0.1) is 17.4 Å². The van der Waals surface area contributed by atoms with Crippen LogP contribution in [0.1, 0.15) is 57.3 Å². The summed E-state index contributed by atoms with van der Waals surface area (Å²) in [5, 5.41) is 3.21. The smallest absolute Gasteiger partial charge is 0.256 e. The van der Waals surface area contributed by atoms with Crippen LogP contribution in [0.25, 0.3) is 0 Å². The molecular formula is C16H27N3O. The third kappa shape index (κ3) is 4.51. The van der Waals surface area contributed by atoms with E-state index in [2.05, 4.69) is 31.1 Å². The third-order valence-corrected chi connectivity index (χ3v) is 3.31. The normalized spacial score (nSPS) is 10.7. The van der Waals surface area contributed by atoms with E-state index >= 15 is 0 Å². The molecule has 0 aliphatic carbocycles. The van der Waals surface area contributed by atoms with Crippen LogP contribution < -0.4 is 5.32 Å². The zero-order valence-electron chi connectivity index (χ0n) is 13.1. The van der Waals surface area contributed by atoms with Crippen LogP contribution >= 0.6 is 0 Å². The Morgan fingerprint density at radius 3 is 2.70 bits per heavy atom. The lowest BCUT2D eigenvalue weighted by Crippen LogP contribution is -2.38. The molecule has 20 heavy (non-hydrogen) atoms. The molecule has 4 nitrogen and oxygen atoms in total. The molecule has 0 aromatic carbocycles. The number of carbonyl (C=O) groups is 1. The van der Waals surface area contributed by atoms with Crippen LogP contribution in [0, 0.1) is 0 Å². The molecule has 0 spiro atoms. The Hall–Kier alpha value is -1.58. The molecular weight excluding hydrogens is 250 g/mol. The Balaban J connectivity index is 2.88. The van der Waals surface area contributed by atoms with Gasteiger partial charge in [-0.1, -0.05) is 19.8 Å². The van der Waals surface area contributed by atoms with Gasteiger partial charge in [-0.25, -0.2) is 0 Å². The summed E-state index contributed by atoms with van der Waals surface area (Å²) in [5.41, 5.74) is 1.54. The molecule has 1 aromatic rings. The first kappa shape index (κ1) is 16.5. The lowest BCUT2D eigenvalue weighted by molar-refractivity contribution is 0.0703. The predicted octanol–water partition coefficient (Wildman–Crippen LogP) is 3.55. The van der Waals surface area contributed by atoms with E-state index in [4.69, 9.17) is 0 Å². The first-order valence-electron chi connectivity index (χ1n) is 7.60. The minimum atomic E-state index is 0.0921. The highest BCUT2D eigenvalue weighted by molar-refractivity contribution is 5.99. The van der Waals surface area contributed by atoms with Crippen molar-refractivity contribution in [2.45, 2.75) is 53.0 Å². The van der Waals surface area contributed by atoms with Crippen molar-refractivity contribution in [1.29, 1.82) is 0 Å². The summed E-state index contributed by atoms with van der Waals surface area (Å²) in [4.78, 5) is 18.8. The molecule has 0 radical (unpaired) electrons. The molecule has 0 saturated carbocycles. The number of anilines is 1. The number of amides is 1. The topological polar surface area (TPSA) is 45.2 Å². The van der Waals surface area contributed by atoms with E-state index in [0.717, 1.165) is 38.0 Å². The molecule has 1 heterocycles. The molecule has 0 fully saturated rings. The largest absolute Gasteiger partial charge is 0.383 e. The molecule has 0 aliphatic heterocycles. The van der Waals surface area contributed by atoms with Crippen molar-refractivity contribution >= 4 is 11.6 Å². The summed E-state index contributed by atoms with van der Waals surface area (Å²) in [6.45, 7) is 9.92. The molecule has 0 saturated heterocycles. The van der Waals surface area contributed by atoms with E-state index in [9.17, 15) is 4.79 Å². The summed E-state index contributed by atoms with van der Waals surface area (Å²) in [6, 6.07) is 2.01. The number of carbonyl (C=O) groups excluding carboxylic acids is 1. The maximum Gasteiger partial charge on any atom is 0.256 e. The highest BCUT2D eigenvalue weighted by Gasteiger charge is 2.20. The second-order valence-corrected chi connectivity index (χ2v) is 5.25. The Labute approximate surface area is 122 Å². The van der Waals surface area contributed by atoms with Crippen LogP contribution in [0.15, 0.2) is 18.5 Å². The van der Waals surface area contributed by atoms with Crippen molar-refractivity contribution in [3.05, 3.63) is 24.0 Å². The van der Waals surface area contributed by atoms with Gasteiger partial charge in [0.15, 0.2) is 0 Å². The van der Waals surface area contributed by atoms with Gasteiger partial charge in [0, 0.05) is 25.3 Å². The minimum Gasteiger partial charge on any atom is -0.383 e. The van der Waals surface area contributed by atoms with Crippen molar-refractivity contribution in [3.8, 4) is 0 Å². The van der Waals surface area contributed by atoms with Gasteiger partial charge < -0.3 is 10.2 Å². The van der Waals surface area contributed by atoms with Gasteiger partial charge >= 0.3 is 0 Å². The average molecular weight is 277 g/mol. The highest BCUT2D eigenvalue weighted by atomic mass is 16.2. The summed E-state index contributed by atoms with van der Waals surface area (Å²) in [6.07, 6.45) is 6.78. The lowest BCUT2D eigenvalue weighted by atomic mass is 10.1. The third-order valence-electron chi connectivity index (χ3n) is 3.31. The van der Waals surface area contributed by atoms with Crippen LogP contribution in [0.4, 0.5) is 5.69 Å². The van der Waals surface area contributed by atoms with Gasteiger partial charge in [-0.05, 0) is 33.3 Å². The zero-order valence-corrected chi connectivity index (χ0v) is 13.1. The fraction of sp³-hybridized carbons (Fsp3) is 0.625. The maximum atomic E-state index is 12.7. The number of nitrogens with one attached hydrogen (secondary N) is 1. The molecule has 0 unspecified atom stereocenters. The molecule has 4 heteroatoms. The Morgan fingerprint density at radius 2 is 2.10 bits per heavy atom. The standard InChI is InChI=1S/C16H27N3O/c1-5-7-8-11-19(13(3)4)16(20)14-9-10-17-12-15(14)18-6-2/h9-10,12-13,18H,5-8,11H2,1-4H3. The van der Waals surface area contributed by atoms with E-state index in [1.807, 2.05) is 11.8 Å². The van der Waals surface area contributed by atoms with Crippen LogP contribution in [0.3, 0.4) is 0 Å². The minimum absolute atomic E-state index is 0.0921. The fourth-order valence-corrected chi connectivity index (χ4v) is 2.19. The fourth-order valence-electron chi connectivity index (χ4n) is 2.19. The summed E-state index contributed by atoms with van der Waals surface area (Å²) >= 11 is 0. The number of rotatable bonds is 8. The maximum absolute atomic E-state index is 12.7. The number of nitrogens with zero attached hydrogens (tertiary/aromatic N) is 2. The monoisotopic (exact) mass is 277 g/mol. The first-order valence-corrected chi connectivity index (χ1v) is 7.60. The Morgan fingerprint density at radius 1 is 1.35 bits per heavy atom. The number of aromatic nitrogens is 1. The molecule has 1 amide bonds.